The van der Waals surface area contributed by atoms with Crippen LogP contribution in [0.5, 0.6) is 0 Å². The van der Waals surface area contributed by atoms with Crippen molar-refractivity contribution in [3.63, 3.8) is 0 Å². The molecule has 8 heteroatoms. The van der Waals surface area contributed by atoms with Crippen LogP contribution in [0.15, 0.2) is 18.2 Å². The Labute approximate surface area is 145 Å². The van der Waals surface area contributed by atoms with E-state index in [2.05, 4.69) is 0 Å². The van der Waals surface area contributed by atoms with Crippen molar-refractivity contribution in [1.29, 1.82) is 0 Å². The lowest BCUT2D eigenvalue weighted by atomic mass is 10.0. The maximum Gasteiger partial charge on any atom is 0.308 e. The van der Waals surface area contributed by atoms with E-state index in [1.165, 1.54) is 0 Å². The molecule has 132 valence electrons. The number of amides is 1. The second kappa shape index (κ2) is 9.24. The molecule has 2 atom stereocenters. The van der Waals surface area contributed by atoms with Crippen LogP contribution in [0, 0.1) is 12.8 Å². The summed E-state index contributed by atoms with van der Waals surface area (Å²) >= 11 is 5.90. The molecule has 0 bridgehead atoms. The van der Waals surface area contributed by atoms with E-state index in [0.717, 1.165) is 5.56 Å². The van der Waals surface area contributed by atoms with Crippen LogP contribution in [0.3, 0.4) is 0 Å². The molecule has 0 saturated carbocycles. The van der Waals surface area contributed by atoms with Gasteiger partial charge < -0.3 is 20.8 Å². The van der Waals surface area contributed by atoms with Crippen LogP contribution < -0.4 is 5.73 Å². The summed E-state index contributed by atoms with van der Waals surface area (Å²) in [5.41, 5.74) is 7.27. The molecule has 1 aromatic carbocycles. The second-order valence-corrected chi connectivity index (χ2v) is 6.08. The number of rotatable bonds is 2. The van der Waals surface area contributed by atoms with Gasteiger partial charge in [0, 0.05) is 29.7 Å². The molecule has 0 aromatic heterocycles. The van der Waals surface area contributed by atoms with E-state index < -0.39 is 11.9 Å². The fourth-order valence-electron chi connectivity index (χ4n) is 2.63. The molecule has 0 radical (unpaired) electrons. The number of carbonyl (C=O) groups excluding carboxylic acids is 1. The Kier molecular flexibility index (Phi) is 7.67. The first-order valence-corrected chi connectivity index (χ1v) is 7.79. The van der Waals surface area contributed by atoms with Crippen molar-refractivity contribution in [3.05, 3.63) is 34.3 Å². The van der Waals surface area contributed by atoms with Crippen molar-refractivity contribution in [2.75, 3.05) is 13.1 Å². The van der Waals surface area contributed by atoms with Crippen molar-refractivity contribution < 1.29 is 24.6 Å². The van der Waals surface area contributed by atoms with Gasteiger partial charge in [-0.05, 0) is 43.5 Å². The number of hydrogen-bond acceptors (Lipinski definition) is 4. The average Bonchev–Trinajstić information content (AvgIpc) is 2.69. The van der Waals surface area contributed by atoms with Crippen LogP contribution in [0.2, 0.25) is 5.02 Å². The van der Waals surface area contributed by atoms with Gasteiger partial charge in [-0.3, -0.25) is 14.4 Å². The number of benzene rings is 1. The maximum atomic E-state index is 12.6. The van der Waals surface area contributed by atoms with Crippen LogP contribution in [-0.2, 0) is 9.59 Å². The van der Waals surface area contributed by atoms with E-state index in [1.807, 2.05) is 6.92 Å². The zero-order valence-corrected chi connectivity index (χ0v) is 14.1. The Hall–Kier alpha value is -2.12. The Balaban J connectivity index is 0.000000891. The third-order valence-electron chi connectivity index (χ3n) is 3.84. The van der Waals surface area contributed by atoms with Crippen molar-refractivity contribution in [2.45, 2.75) is 25.8 Å². The number of aryl methyl sites for hydroxylation is 1. The molecule has 1 amide bonds. The largest absolute Gasteiger partial charge is 0.483 e. The Morgan fingerprint density at radius 2 is 1.96 bits per heavy atom. The molecule has 1 fully saturated rings. The van der Waals surface area contributed by atoms with Gasteiger partial charge in [0.15, 0.2) is 0 Å². The SMILES string of the molecule is Cc1cc(Cl)ccc1C(=O)N1C[C@H](N)CC[C@H](C(=O)O)C1.O=CO. The lowest BCUT2D eigenvalue weighted by molar-refractivity contribution is -0.142. The number of likely N-dealkylation sites (tertiary alicyclic amines) is 1. The molecule has 1 aliphatic rings. The monoisotopic (exact) mass is 356 g/mol. The highest BCUT2D eigenvalue weighted by Crippen LogP contribution is 2.21. The van der Waals surface area contributed by atoms with Crippen molar-refractivity contribution in [2.24, 2.45) is 11.7 Å². The van der Waals surface area contributed by atoms with Gasteiger partial charge in [-0.2, -0.15) is 0 Å². The minimum Gasteiger partial charge on any atom is -0.483 e. The summed E-state index contributed by atoms with van der Waals surface area (Å²) in [6.45, 7) is 2.14. The van der Waals surface area contributed by atoms with Gasteiger partial charge in [0.1, 0.15) is 0 Å². The zero-order valence-electron chi connectivity index (χ0n) is 13.3. The first-order chi connectivity index (χ1) is 11.3. The maximum absolute atomic E-state index is 12.6. The lowest BCUT2D eigenvalue weighted by Gasteiger charge is -2.25. The number of hydrogen-bond donors (Lipinski definition) is 3. The summed E-state index contributed by atoms with van der Waals surface area (Å²) in [6, 6.07) is 4.87. The van der Waals surface area contributed by atoms with Gasteiger partial charge in [-0.15, -0.1) is 0 Å². The van der Waals surface area contributed by atoms with E-state index in [0.29, 0.717) is 30.0 Å². The highest BCUT2D eigenvalue weighted by molar-refractivity contribution is 6.30. The second-order valence-electron chi connectivity index (χ2n) is 5.65. The fourth-order valence-corrected chi connectivity index (χ4v) is 2.85. The lowest BCUT2D eigenvalue weighted by Crippen LogP contribution is -2.41. The molecule has 1 saturated heterocycles. The Morgan fingerprint density at radius 3 is 2.50 bits per heavy atom. The Morgan fingerprint density at radius 1 is 1.33 bits per heavy atom. The molecule has 1 aromatic rings. The molecular weight excluding hydrogens is 336 g/mol. The van der Waals surface area contributed by atoms with Crippen LogP contribution in [0.25, 0.3) is 0 Å². The Bertz CT molecular complexity index is 608. The molecule has 24 heavy (non-hydrogen) atoms. The normalized spacial score (nSPS) is 20.4. The first-order valence-electron chi connectivity index (χ1n) is 7.41. The summed E-state index contributed by atoms with van der Waals surface area (Å²) in [7, 11) is 0. The van der Waals surface area contributed by atoms with Gasteiger partial charge in [0.05, 0.1) is 5.92 Å². The summed E-state index contributed by atoms with van der Waals surface area (Å²) in [4.78, 5) is 33.8. The average molecular weight is 357 g/mol. The van der Waals surface area contributed by atoms with Crippen LogP contribution in [0.1, 0.15) is 28.8 Å². The van der Waals surface area contributed by atoms with E-state index in [-0.39, 0.29) is 25.0 Å². The van der Waals surface area contributed by atoms with Crippen LogP contribution in [0.4, 0.5) is 0 Å². The molecule has 0 spiro atoms. The molecule has 2 rings (SSSR count). The number of carboxylic acid groups (broad SMARTS) is 2. The first kappa shape index (κ1) is 19.9. The minimum atomic E-state index is -0.880. The van der Waals surface area contributed by atoms with Gasteiger partial charge in [-0.1, -0.05) is 11.6 Å². The predicted molar refractivity (Wildman–Crippen MR) is 89.1 cm³/mol. The van der Waals surface area contributed by atoms with Gasteiger partial charge in [0.25, 0.3) is 12.4 Å². The number of nitrogens with two attached hydrogens (primary N) is 1. The van der Waals surface area contributed by atoms with Crippen LogP contribution >= 0.6 is 11.6 Å². The third kappa shape index (κ3) is 5.50. The number of halogens is 1. The van der Waals surface area contributed by atoms with E-state index >= 15 is 0 Å². The zero-order chi connectivity index (χ0) is 18.3. The quantitative estimate of drug-likeness (QED) is 0.692. The van der Waals surface area contributed by atoms with Gasteiger partial charge in [-0.25, -0.2) is 0 Å². The molecule has 0 aliphatic carbocycles. The van der Waals surface area contributed by atoms with Gasteiger partial charge >= 0.3 is 5.97 Å². The van der Waals surface area contributed by atoms with Crippen molar-refractivity contribution in [3.8, 4) is 0 Å². The highest BCUT2D eigenvalue weighted by Gasteiger charge is 2.30. The molecule has 7 nitrogen and oxygen atoms in total. The molecule has 0 unspecified atom stereocenters. The van der Waals surface area contributed by atoms with E-state index in [1.54, 1.807) is 23.1 Å². The number of carbonyl (C=O) groups is 3. The summed E-state index contributed by atoms with van der Waals surface area (Å²) < 4.78 is 0. The number of carboxylic acids is 1. The molecule has 1 heterocycles. The number of nitrogens with zero attached hydrogens (tertiary/aromatic N) is 1. The predicted octanol–water partition coefficient (Wildman–Crippen LogP) is 1.61. The van der Waals surface area contributed by atoms with Crippen molar-refractivity contribution in [1.82, 2.24) is 4.90 Å². The summed E-state index contributed by atoms with van der Waals surface area (Å²) in [5, 5.41) is 16.7. The molecule has 4 N–H and O–H groups in total. The molecule has 1 aliphatic heterocycles. The smallest absolute Gasteiger partial charge is 0.308 e. The highest BCUT2D eigenvalue weighted by atomic mass is 35.5. The molecular formula is C16H21ClN2O5. The summed E-state index contributed by atoms with van der Waals surface area (Å²) in [6.07, 6.45) is 1.11. The van der Waals surface area contributed by atoms with Crippen LogP contribution in [-0.4, -0.2) is 52.6 Å². The minimum absolute atomic E-state index is 0.187. The third-order valence-corrected chi connectivity index (χ3v) is 4.07. The van der Waals surface area contributed by atoms with Crippen molar-refractivity contribution >= 4 is 29.9 Å². The topological polar surface area (TPSA) is 121 Å². The standard InChI is InChI=1S/C15H19ClN2O3.CH2O2/c1-9-6-11(16)3-5-13(9)14(19)18-7-10(15(20)21)2-4-12(17)8-18;2-1-3/h3,5-6,10,12H,2,4,7-8,17H2,1H3,(H,20,21);1H,(H,2,3)/t10-,12+;/m0./s1. The fraction of sp³-hybridized carbons (Fsp3) is 0.438. The van der Waals surface area contributed by atoms with E-state index in [4.69, 9.17) is 27.2 Å². The number of aliphatic carboxylic acids is 1. The van der Waals surface area contributed by atoms with Gasteiger partial charge in [0.2, 0.25) is 0 Å². The summed E-state index contributed by atoms with van der Waals surface area (Å²) in [5.74, 6) is -1.63. The van der Waals surface area contributed by atoms with E-state index in [9.17, 15) is 14.7 Å².